The zero-order valence-electron chi connectivity index (χ0n) is 9.79. The summed E-state index contributed by atoms with van der Waals surface area (Å²) in [6.07, 6.45) is -3.22. The van der Waals surface area contributed by atoms with Gasteiger partial charge in [0.05, 0.1) is 24.3 Å². The predicted octanol–water partition coefficient (Wildman–Crippen LogP) is 3.89. The highest BCUT2D eigenvalue weighted by atomic mass is 32.2. The number of hydrogen-bond acceptors (Lipinski definition) is 4. The van der Waals surface area contributed by atoms with E-state index in [4.69, 9.17) is 5.26 Å². The number of methoxy groups -OCH3 is 1. The highest BCUT2D eigenvalue weighted by molar-refractivity contribution is 8.00. The first-order valence-corrected chi connectivity index (χ1v) is 5.71. The molecule has 0 radical (unpaired) electrons. The SMILES string of the molecule is COC(=O)c1c(SC(F)(F)F)cc(C#N)cc1C(F)F. The summed E-state index contributed by atoms with van der Waals surface area (Å²) in [7, 11) is 0.859. The Kier molecular flexibility index (Phi) is 4.94. The van der Waals surface area contributed by atoms with Gasteiger partial charge in [-0.1, -0.05) is 0 Å². The van der Waals surface area contributed by atoms with Crippen LogP contribution in [0.5, 0.6) is 0 Å². The molecule has 0 spiro atoms. The Labute approximate surface area is 114 Å². The summed E-state index contributed by atoms with van der Waals surface area (Å²) in [5.41, 5.74) is -7.05. The van der Waals surface area contributed by atoms with Crippen molar-refractivity contribution >= 4 is 17.7 Å². The van der Waals surface area contributed by atoms with Gasteiger partial charge in [-0.05, 0) is 23.9 Å². The molecule has 9 heteroatoms. The third kappa shape index (κ3) is 3.84. The van der Waals surface area contributed by atoms with Crippen LogP contribution in [0.15, 0.2) is 17.0 Å². The van der Waals surface area contributed by atoms with Crippen molar-refractivity contribution in [3.8, 4) is 6.07 Å². The Morgan fingerprint density at radius 1 is 1.40 bits per heavy atom. The molecule has 0 unspecified atom stereocenters. The standard InChI is InChI=1S/C11H6F5NO2S/c1-19-10(18)8-6(9(12)13)2-5(4-17)3-7(8)20-11(14,15)16/h2-3,9H,1H3. The molecule has 0 aromatic heterocycles. The van der Waals surface area contributed by atoms with E-state index < -0.39 is 51.3 Å². The number of nitrogens with zero attached hydrogens (tertiary/aromatic N) is 1. The molecule has 0 aliphatic rings. The van der Waals surface area contributed by atoms with Crippen molar-refractivity contribution in [2.45, 2.75) is 16.8 Å². The number of nitriles is 1. The molecule has 0 heterocycles. The highest BCUT2D eigenvalue weighted by Gasteiger charge is 2.34. The van der Waals surface area contributed by atoms with E-state index in [2.05, 4.69) is 4.74 Å². The number of thioether (sulfide) groups is 1. The fraction of sp³-hybridized carbons (Fsp3) is 0.273. The second-order valence-corrected chi connectivity index (χ2v) is 4.50. The Hall–Kier alpha value is -1.82. The molecular weight excluding hydrogens is 305 g/mol. The van der Waals surface area contributed by atoms with Gasteiger partial charge in [0, 0.05) is 10.5 Å². The summed E-state index contributed by atoms with van der Waals surface area (Å²) >= 11 is -0.753. The largest absolute Gasteiger partial charge is 0.465 e. The lowest BCUT2D eigenvalue weighted by atomic mass is 10.0. The van der Waals surface area contributed by atoms with Crippen molar-refractivity contribution in [1.29, 1.82) is 5.26 Å². The van der Waals surface area contributed by atoms with E-state index in [0.717, 1.165) is 13.2 Å². The molecule has 0 aliphatic heterocycles. The van der Waals surface area contributed by atoms with Gasteiger partial charge >= 0.3 is 11.5 Å². The summed E-state index contributed by atoms with van der Waals surface area (Å²) in [6.45, 7) is 0. The summed E-state index contributed by atoms with van der Waals surface area (Å²) < 4.78 is 67.1. The van der Waals surface area contributed by atoms with Crippen molar-refractivity contribution in [3.63, 3.8) is 0 Å². The van der Waals surface area contributed by atoms with Gasteiger partial charge in [0.2, 0.25) is 0 Å². The zero-order valence-corrected chi connectivity index (χ0v) is 10.6. The minimum Gasteiger partial charge on any atom is -0.465 e. The van der Waals surface area contributed by atoms with Crippen LogP contribution in [-0.4, -0.2) is 18.6 Å². The number of alkyl halides is 5. The van der Waals surface area contributed by atoms with Crippen molar-refractivity contribution in [2.24, 2.45) is 0 Å². The van der Waals surface area contributed by atoms with E-state index in [1.54, 1.807) is 0 Å². The second kappa shape index (κ2) is 6.09. The van der Waals surface area contributed by atoms with E-state index in [-0.39, 0.29) is 0 Å². The minimum absolute atomic E-state index is 0.403. The monoisotopic (exact) mass is 311 g/mol. The minimum atomic E-state index is -4.80. The van der Waals surface area contributed by atoms with Crippen molar-refractivity contribution in [1.82, 2.24) is 0 Å². The summed E-state index contributed by atoms with van der Waals surface area (Å²) in [6, 6.07) is 2.85. The van der Waals surface area contributed by atoms with Gasteiger partial charge in [-0.15, -0.1) is 0 Å². The number of hydrogen-bond donors (Lipinski definition) is 0. The smallest absolute Gasteiger partial charge is 0.446 e. The van der Waals surface area contributed by atoms with Crippen LogP contribution >= 0.6 is 11.8 Å². The quantitative estimate of drug-likeness (QED) is 0.483. The molecule has 0 atom stereocenters. The van der Waals surface area contributed by atoms with E-state index in [9.17, 15) is 26.7 Å². The van der Waals surface area contributed by atoms with Gasteiger partial charge in [-0.3, -0.25) is 0 Å². The number of benzene rings is 1. The van der Waals surface area contributed by atoms with Crippen LogP contribution in [0.1, 0.15) is 27.9 Å². The first-order chi connectivity index (χ1) is 9.19. The molecule has 0 saturated heterocycles. The number of ether oxygens (including phenoxy) is 1. The second-order valence-electron chi connectivity index (χ2n) is 3.39. The van der Waals surface area contributed by atoms with Crippen molar-refractivity contribution < 1.29 is 31.5 Å². The predicted molar refractivity (Wildman–Crippen MR) is 59.4 cm³/mol. The third-order valence-corrected chi connectivity index (χ3v) is 2.89. The maximum Gasteiger partial charge on any atom is 0.446 e. The molecule has 0 bridgehead atoms. The highest BCUT2D eigenvalue weighted by Crippen LogP contribution is 2.41. The number of halogens is 5. The van der Waals surface area contributed by atoms with Crippen molar-refractivity contribution in [3.05, 3.63) is 28.8 Å². The Balaban J connectivity index is 3.56. The number of carbonyl (C=O) groups is 1. The van der Waals surface area contributed by atoms with Crippen LogP contribution in [0.25, 0.3) is 0 Å². The van der Waals surface area contributed by atoms with Crippen LogP contribution in [0, 0.1) is 11.3 Å². The number of rotatable bonds is 3. The van der Waals surface area contributed by atoms with Gasteiger partial charge in [0.15, 0.2) is 0 Å². The van der Waals surface area contributed by atoms with Crippen LogP contribution in [-0.2, 0) is 4.74 Å². The first-order valence-electron chi connectivity index (χ1n) is 4.90. The molecule has 1 aromatic carbocycles. The molecule has 0 aliphatic carbocycles. The number of carbonyl (C=O) groups excluding carboxylic acids is 1. The molecule has 1 aromatic rings. The lowest BCUT2D eigenvalue weighted by molar-refractivity contribution is -0.0328. The molecule has 0 fully saturated rings. The number of esters is 1. The average molecular weight is 311 g/mol. The van der Waals surface area contributed by atoms with E-state index >= 15 is 0 Å². The Morgan fingerprint density at radius 3 is 2.40 bits per heavy atom. The molecule has 108 valence electrons. The molecular formula is C11H6F5NO2S. The third-order valence-electron chi connectivity index (χ3n) is 2.11. The van der Waals surface area contributed by atoms with Gasteiger partial charge in [-0.2, -0.15) is 18.4 Å². The molecule has 3 nitrogen and oxygen atoms in total. The van der Waals surface area contributed by atoms with Gasteiger partial charge in [-0.25, -0.2) is 13.6 Å². The zero-order chi connectivity index (χ0) is 15.5. The van der Waals surface area contributed by atoms with E-state index in [1.165, 1.54) is 6.07 Å². The summed E-state index contributed by atoms with van der Waals surface area (Å²) in [5.74, 6) is -1.32. The molecule has 0 saturated carbocycles. The Bertz CT molecular complexity index is 565. The maximum atomic E-state index is 12.8. The summed E-state index contributed by atoms with van der Waals surface area (Å²) in [5, 5.41) is 8.65. The lowest BCUT2D eigenvalue weighted by Gasteiger charge is -2.14. The summed E-state index contributed by atoms with van der Waals surface area (Å²) in [4.78, 5) is 10.6. The fourth-order valence-electron chi connectivity index (χ4n) is 1.40. The Morgan fingerprint density at radius 2 is 2.00 bits per heavy atom. The van der Waals surface area contributed by atoms with Crippen LogP contribution in [0.2, 0.25) is 0 Å². The van der Waals surface area contributed by atoms with Crippen LogP contribution in [0.4, 0.5) is 22.0 Å². The van der Waals surface area contributed by atoms with Gasteiger partial charge in [0.25, 0.3) is 6.43 Å². The van der Waals surface area contributed by atoms with Crippen LogP contribution < -0.4 is 0 Å². The van der Waals surface area contributed by atoms with Crippen LogP contribution in [0.3, 0.4) is 0 Å². The maximum absolute atomic E-state index is 12.8. The normalized spacial score (nSPS) is 11.3. The molecule has 0 N–H and O–H groups in total. The molecule has 0 amide bonds. The van der Waals surface area contributed by atoms with Gasteiger partial charge in [0.1, 0.15) is 0 Å². The first kappa shape index (κ1) is 16.2. The van der Waals surface area contributed by atoms with E-state index in [1.807, 2.05) is 0 Å². The molecule has 1 rings (SSSR count). The average Bonchev–Trinajstić information content (AvgIpc) is 2.34. The van der Waals surface area contributed by atoms with Crippen molar-refractivity contribution in [2.75, 3.05) is 7.11 Å². The van der Waals surface area contributed by atoms with E-state index in [0.29, 0.717) is 6.07 Å². The van der Waals surface area contributed by atoms with Gasteiger partial charge < -0.3 is 4.74 Å². The fourth-order valence-corrected chi connectivity index (χ4v) is 2.14. The molecule has 20 heavy (non-hydrogen) atoms. The lowest BCUT2D eigenvalue weighted by Crippen LogP contribution is -2.11. The topological polar surface area (TPSA) is 50.1 Å².